The average molecular weight is 454 g/mol. The number of hydrogen-bond acceptors (Lipinski definition) is 5. The number of aromatic nitrogens is 2. The monoisotopic (exact) mass is 454 g/mol. The number of hydrogen-bond donors (Lipinski definition) is 0. The van der Waals surface area contributed by atoms with Crippen LogP contribution in [0, 0.1) is 0 Å². The first kappa shape index (κ1) is 21.4. The smallest absolute Gasteiger partial charge is 0.416 e. The van der Waals surface area contributed by atoms with Gasteiger partial charge < -0.3 is 9.64 Å². The molecule has 1 amide bonds. The average Bonchev–Trinajstić information content (AvgIpc) is 2.95. The fraction of sp³-hybridized carbons (Fsp3) is 0.292. The summed E-state index contributed by atoms with van der Waals surface area (Å²) in [5, 5.41) is 0. The third kappa shape index (κ3) is 4.41. The SMILES string of the molecule is O=C1c2cc(-c3ccc(C(F)(F)F)cc3)ccc2OCC2CN(Cc3ncccn3)CCN12. The Morgan fingerprint density at radius 2 is 1.73 bits per heavy atom. The first-order chi connectivity index (χ1) is 15.9. The second kappa shape index (κ2) is 8.47. The minimum atomic E-state index is -4.39. The molecule has 0 spiro atoms. The van der Waals surface area contributed by atoms with E-state index in [1.807, 2.05) is 4.90 Å². The molecule has 2 aromatic carbocycles. The highest BCUT2D eigenvalue weighted by Gasteiger charge is 2.36. The third-order valence-corrected chi connectivity index (χ3v) is 6.00. The Morgan fingerprint density at radius 1 is 1.00 bits per heavy atom. The lowest BCUT2D eigenvalue weighted by Crippen LogP contribution is -2.56. The summed E-state index contributed by atoms with van der Waals surface area (Å²) in [6.07, 6.45) is -0.969. The van der Waals surface area contributed by atoms with Gasteiger partial charge in [-0.3, -0.25) is 9.69 Å². The molecule has 1 fully saturated rings. The van der Waals surface area contributed by atoms with E-state index in [-0.39, 0.29) is 11.9 Å². The summed E-state index contributed by atoms with van der Waals surface area (Å²) < 4.78 is 44.6. The predicted molar refractivity (Wildman–Crippen MR) is 115 cm³/mol. The number of piperazine rings is 1. The van der Waals surface area contributed by atoms with Crippen LogP contribution in [0.3, 0.4) is 0 Å². The zero-order valence-corrected chi connectivity index (χ0v) is 17.6. The maximum atomic E-state index is 13.4. The number of halogens is 3. The Morgan fingerprint density at radius 3 is 2.45 bits per heavy atom. The highest BCUT2D eigenvalue weighted by molar-refractivity contribution is 5.99. The van der Waals surface area contributed by atoms with E-state index in [0.29, 0.717) is 55.2 Å². The van der Waals surface area contributed by atoms with E-state index >= 15 is 0 Å². The van der Waals surface area contributed by atoms with Crippen LogP contribution in [0.15, 0.2) is 60.9 Å². The number of fused-ring (bicyclic) bond motifs is 2. The molecular formula is C24H21F3N4O2. The molecule has 170 valence electrons. The molecule has 2 aliphatic heterocycles. The van der Waals surface area contributed by atoms with Crippen molar-refractivity contribution in [3.8, 4) is 16.9 Å². The maximum Gasteiger partial charge on any atom is 0.416 e. The summed E-state index contributed by atoms with van der Waals surface area (Å²) in [7, 11) is 0. The molecule has 1 unspecified atom stereocenters. The largest absolute Gasteiger partial charge is 0.491 e. The number of nitrogens with zero attached hydrogens (tertiary/aromatic N) is 4. The summed E-state index contributed by atoms with van der Waals surface area (Å²) in [6, 6.07) is 11.8. The molecule has 5 rings (SSSR count). The fourth-order valence-corrected chi connectivity index (χ4v) is 4.28. The molecule has 1 aromatic heterocycles. The molecule has 0 bridgehead atoms. The third-order valence-electron chi connectivity index (χ3n) is 6.00. The van der Waals surface area contributed by atoms with E-state index in [4.69, 9.17) is 4.74 Å². The fourth-order valence-electron chi connectivity index (χ4n) is 4.28. The second-order valence-corrected chi connectivity index (χ2v) is 8.15. The number of rotatable bonds is 3. The molecular weight excluding hydrogens is 433 g/mol. The van der Waals surface area contributed by atoms with Gasteiger partial charge in [0.15, 0.2) is 0 Å². The Hall–Kier alpha value is -3.46. The Labute approximate surface area is 188 Å². The lowest BCUT2D eigenvalue weighted by Gasteiger charge is -2.39. The zero-order valence-electron chi connectivity index (χ0n) is 17.6. The normalized spacial score (nSPS) is 18.8. The van der Waals surface area contributed by atoms with Crippen LogP contribution in [0.1, 0.15) is 21.7 Å². The number of carbonyl (C=O) groups is 1. The van der Waals surface area contributed by atoms with Crippen molar-refractivity contribution >= 4 is 5.91 Å². The molecule has 9 heteroatoms. The maximum absolute atomic E-state index is 13.4. The van der Waals surface area contributed by atoms with Crippen molar-refractivity contribution < 1.29 is 22.7 Å². The van der Waals surface area contributed by atoms with Crippen LogP contribution in [0.5, 0.6) is 5.75 Å². The highest BCUT2D eigenvalue weighted by atomic mass is 19.4. The van der Waals surface area contributed by atoms with Crippen molar-refractivity contribution in [2.45, 2.75) is 18.8 Å². The Balaban J connectivity index is 1.35. The van der Waals surface area contributed by atoms with Gasteiger partial charge in [-0.25, -0.2) is 9.97 Å². The van der Waals surface area contributed by atoms with Crippen LogP contribution in [-0.2, 0) is 12.7 Å². The Kier molecular flexibility index (Phi) is 5.49. The van der Waals surface area contributed by atoms with Crippen LogP contribution < -0.4 is 4.74 Å². The zero-order chi connectivity index (χ0) is 23.0. The Bertz CT molecular complexity index is 1150. The van der Waals surface area contributed by atoms with Gasteiger partial charge in [-0.1, -0.05) is 18.2 Å². The molecule has 0 aliphatic carbocycles. The lowest BCUT2D eigenvalue weighted by atomic mass is 10.00. The molecule has 0 radical (unpaired) electrons. The van der Waals surface area contributed by atoms with Gasteiger partial charge in [0.25, 0.3) is 5.91 Å². The van der Waals surface area contributed by atoms with Gasteiger partial charge >= 0.3 is 6.18 Å². The van der Waals surface area contributed by atoms with E-state index in [1.165, 1.54) is 12.1 Å². The summed E-state index contributed by atoms with van der Waals surface area (Å²) in [4.78, 5) is 25.9. The van der Waals surface area contributed by atoms with Crippen molar-refractivity contribution in [1.29, 1.82) is 0 Å². The minimum absolute atomic E-state index is 0.114. The van der Waals surface area contributed by atoms with E-state index in [1.54, 1.807) is 36.7 Å². The van der Waals surface area contributed by atoms with Crippen LogP contribution in [-0.4, -0.2) is 58.0 Å². The molecule has 6 nitrogen and oxygen atoms in total. The summed E-state index contributed by atoms with van der Waals surface area (Å²) in [6.45, 7) is 2.84. The van der Waals surface area contributed by atoms with Gasteiger partial charge in [0, 0.05) is 32.0 Å². The van der Waals surface area contributed by atoms with Gasteiger partial charge in [-0.15, -0.1) is 0 Å². The molecule has 0 saturated carbocycles. The lowest BCUT2D eigenvalue weighted by molar-refractivity contribution is -0.137. The van der Waals surface area contributed by atoms with Crippen LogP contribution in [0.4, 0.5) is 13.2 Å². The van der Waals surface area contributed by atoms with E-state index in [2.05, 4.69) is 14.9 Å². The van der Waals surface area contributed by atoms with E-state index < -0.39 is 11.7 Å². The first-order valence-electron chi connectivity index (χ1n) is 10.6. The van der Waals surface area contributed by atoms with Gasteiger partial charge in [-0.05, 0) is 41.5 Å². The van der Waals surface area contributed by atoms with E-state index in [9.17, 15) is 18.0 Å². The van der Waals surface area contributed by atoms with Gasteiger partial charge in [0.1, 0.15) is 18.2 Å². The van der Waals surface area contributed by atoms with Crippen molar-refractivity contribution in [1.82, 2.24) is 19.8 Å². The van der Waals surface area contributed by atoms with Crippen LogP contribution in [0.25, 0.3) is 11.1 Å². The standard InChI is InChI=1S/C24H21F3N4O2/c25-24(26,27)18-5-2-16(3-6-18)17-4-7-21-20(12-17)23(32)31-11-10-30(13-19(31)15-33-21)14-22-28-8-1-9-29-22/h1-9,12,19H,10-11,13-15H2. The molecule has 2 aliphatic rings. The number of ether oxygens (including phenoxy) is 1. The summed E-state index contributed by atoms with van der Waals surface area (Å²) in [5.41, 5.74) is 0.988. The van der Waals surface area contributed by atoms with Crippen molar-refractivity contribution in [2.75, 3.05) is 26.2 Å². The van der Waals surface area contributed by atoms with Crippen molar-refractivity contribution in [3.63, 3.8) is 0 Å². The molecule has 3 aromatic rings. The predicted octanol–water partition coefficient (Wildman–Crippen LogP) is 3.88. The second-order valence-electron chi connectivity index (χ2n) is 8.15. The molecule has 0 N–H and O–H groups in total. The van der Waals surface area contributed by atoms with Crippen LogP contribution in [0.2, 0.25) is 0 Å². The number of carbonyl (C=O) groups excluding carboxylic acids is 1. The van der Waals surface area contributed by atoms with Crippen molar-refractivity contribution in [3.05, 3.63) is 77.9 Å². The van der Waals surface area contributed by atoms with Crippen LogP contribution >= 0.6 is 0 Å². The van der Waals surface area contributed by atoms with Gasteiger partial charge in [0.05, 0.1) is 23.7 Å². The summed E-state index contributed by atoms with van der Waals surface area (Å²) in [5.74, 6) is 1.09. The highest BCUT2D eigenvalue weighted by Crippen LogP contribution is 2.34. The van der Waals surface area contributed by atoms with Gasteiger partial charge in [0.2, 0.25) is 0 Å². The number of amides is 1. The minimum Gasteiger partial charge on any atom is -0.491 e. The van der Waals surface area contributed by atoms with Crippen molar-refractivity contribution in [2.24, 2.45) is 0 Å². The molecule has 33 heavy (non-hydrogen) atoms. The topological polar surface area (TPSA) is 58.6 Å². The van der Waals surface area contributed by atoms with Gasteiger partial charge in [-0.2, -0.15) is 13.2 Å². The molecule has 1 atom stereocenters. The molecule has 3 heterocycles. The number of benzene rings is 2. The first-order valence-corrected chi connectivity index (χ1v) is 10.6. The quantitative estimate of drug-likeness (QED) is 0.601. The molecule has 1 saturated heterocycles. The summed E-state index contributed by atoms with van der Waals surface area (Å²) >= 11 is 0. The van der Waals surface area contributed by atoms with E-state index in [0.717, 1.165) is 18.0 Å². The number of alkyl halides is 3.